The number of hydrogen-bond acceptors (Lipinski definition) is 11. The highest BCUT2D eigenvalue weighted by Gasteiger charge is 2.75. The number of nitrogens with zero attached hydrogens (tertiary/aromatic N) is 3. The molecule has 3 aliphatic heterocycles. The fourth-order valence-electron chi connectivity index (χ4n) is 8.73. The van der Waals surface area contributed by atoms with Crippen LogP contribution in [0.5, 0.6) is 5.75 Å². The molecule has 57 heavy (non-hydrogen) atoms. The summed E-state index contributed by atoms with van der Waals surface area (Å²) < 4.78 is 17.8. The lowest BCUT2D eigenvalue weighted by Gasteiger charge is -2.46. The number of benzene rings is 5. The molecule has 3 aliphatic rings. The minimum atomic E-state index is -2.01. The van der Waals surface area contributed by atoms with E-state index in [1.807, 2.05) is 65.6 Å². The van der Waals surface area contributed by atoms with Gasteiger partial charge in [0, 0.05) is 12.1 Å². The number of cyclic esters (lactones) is 1. The second-order valence-electron chi connectivity index (χ2n) is 13.9. The number of para-hydroxylation sites is 1. The Kier molecular flexibility index (Phi) is 9.73. The molecular formula is C43H36N4O10. The van der Waals surface area contributed by atoms with Gasteiger partial charge in [-0.25, -0.2) is 9.69 Å². The standard InChI is InChI=1S/C43H36N4O10/c44-39(49)34-36-40(50)57-37(28-12-5-2-6-13-28)35(27-10-3-1-4-11-27)46(36)38(29-14-9-15-31(24-29)55-23-22-48)43(34)32-16-7-8-17-33(32)45(41(43)51)42(52)56-25-26-18-20-30(21-19-26)47(53)54/h1-21,24,34-38,48H,22-23,25H2,(H2,44,49)/t34-,35-,36-,37+,38+,43-/m1/s1. The van der Waals surface area contributed by atoms with Crippen molar-refractivity contribution in [3.8, 4) is 5.75 Å². The summed E-state index contributed by atoms with van der Waals surface area (Å²) in [4.78, 5) is 72.0. The van der Waals surface area contributed by atoms with Crippen molar-refractivity contribution in [1.82, 2.24) is 4.90 Å². The summed E-state index contributed by atoms with van der Waals surface area (Å²) >= 11 is 0. The first-order valence-corrected chi connectivity index (χ1v) is 18.2. The van der Waals surface area contributed by atoms with Gasteiger partial charge in [0.15, 0.2) is 0 Å². The molecule has 288 valence electrons. The number of non-ortho nitro benzene ring substituents is 1. The number of nitro groups is 1. The van der Waals surface area contributed by atoms with Crippen molar-refractivity contribution in [3.63, 3.8) is 0 Å². The molecule has 2 saturated heterocycles. The highest BCUT2D eigenvalue weighted by Crippen LogP contribution is 2.65. The molecule has 14 heteroatoms. The third-order valence-electron chi connectivity index (χ3n) is 10.9. The Bertz CT molecular complexity index is 2360. The monoisotopic (exact) mass is 768 g/mol. The van der Waals surface area contributed by atoms with E-state index in [1.165, 1.54) is 24.3 Å². The van der Waals surface area contributed by atoms with Gasteiger partial charge in [-0.3, -0.25) is 29.4 Å². The molecule has 0 unspecified atom stereocenters. The first-order chi connectivity index (χ1) is 27.7. The van der Waals surface area contributed by atoms with Crippen LogP contribution in [0.1, 0.15) is 46.0 Å². The molecule has 1 spiro atoms. The van der Waals surface area contributed by atoms with E-state index in [1.54, 1.807) is 48.5 Å². The van der Waals surface area contributed by atoms with Gasteiger partial charge < -0.3 is 25.1 Å². The van der Waals surface area contributed by atoms with E-state index in [9.17, 15) is 29.6 Å². The number of morpholine rings is 1. The maximum Gasteiger partial charge on any atom is 0.421 e. The minimum Gasteiger partial charge on any atom is -0.491 e. The molecule has 0 radical (unpaired) electrons. The molecule has 0 saturated carbocycles. The maximum atomic E-state index is 15.7. The van der Waals surface area contributed by atoms with Crippen LogP contribution in [-0.2, 0) is 35.9 Å². The molecule has 6 atom stereocenters. The summed E-state index contributed by atoms with van der Waals surface area (Å²) in [6, 6.07) is 33.9. The molecule has 0 aromatic heterocycles. The van der Waals surface area contributed by atoms with Gasteiger partial charge in [0.25, 0.3) is 5.69 Å². The number of esters is 1. The summed E-state index contributed by atoms with van der Waals surface area (Å²) in [5.74, 6) is -3.81. The van der Waals surface area contributed by atoms with Gasteiger partial charge in [-0.2, -0.15) is 0 Å². The SMILES string of the molecule is NC(=O)[C@H]1[C@@H]2C(=O)O[C@@H](c3ccccc3)[C@@H](c3ccccc3)N2[C@@H](c2cccc(OCCO)c2)[C@]12C(=O)N(C(=O)OCc1ccc([N+](=O)[O-])cc1)c1ccccc12. The van der Waals surface area contributed by atoms with Crippen LogP contribution in [0.4, 0.5) is 16.2 Å². The van der Waals surface area contributed by atoms with E-state index in [0.29, 0.717) is 22.4 Å². The predicted molar refractivity (Wildman–Crippen MR) is 203 cm³/mol. The lowest BCUT2D eigenvalue weighted by molar-refractivity contribution is -0.384. The number of rotatable bonds is 10. The highest BCUT2D eigenvalue weighted by atomic mass is 16.6. The van der Waals surface area contributed by atoms with Gasteiger partial charge >= 0.3 is 12.1 Å². The second kappa shape index (κ2) is 15.0. The van der Waals surface area contributed by atoms with Crippen LogP contribution in [0.3, 0.4) is 0 Å². The van der Waals surface area contributed by atoms with Crippen molar-refractivity contribution < 1.29 is 43.4 Å². The van der Waals surface area contributed by atoms with Crippen LogP contribution < -0.4 is 15.4 Å². The third-order valence-corrected chi connectivity index (χ3v) is 10.9. The zero-order valence-electron chi connectivity index (χ0n) is 30.3. The molecule has 0 aliphatic carbocycles. The van der Waals surface area contributed by atoms with Gasteiger partial charge in [-0.1, -0.05) is 91.0 Å². The van der Waals surface area contributed by atoms with Crippen molar-refractivity contribution in [2.75, 3.05) is 18.1 Å². The van der Waals surface area contributed by atoms with Crippen molar-refractivity contribution in [3.05, 3.63) is 171 Å². The number of carbonyl (C=O) groups excluding carboxylic acids is 4. The largest absolute Gasteiger partial charge is 0.491 e. The number of hydrogen-bond donors (Lipinski definition) is 2. The fourth-order valence-corrected chi connectivity index (χ4v) is 8.73. The Morgan fingerprint density at radius 3 is 2.14 bits per heavy atom. The number of fused-ring (bicyclic) bond motifs is 3. The summed E-state index contributed by atoms with van der Waals surface area (Å²) in [5, 5.41) is 20.8. The topological polar surface area (TPSA) is 192 Å². The Labute approximate surface area is 326 Å². The smallest absolute Gasteiger partial charge is 0.421 e. The average molecular weight is 769 g/mol. The van der Waals surface area contributed by atoms with Crippen molar-refractivity contribution in [2.45, 2.75) is 36.3 Å². The molecule has 3 heterocycles. The minimum absolute atomic E-state index is 0.0271. The highest BCUT2D eigenvalue weighted by molar-refractivity contribution is 6.23. The van der Waals surface area contributed by atoms with E-state index in [-0.39, 0.29) is 36.8 Å². The molecule has 14 nitrogen and oxygen atoms in total. The number of ether oxygens (including phenoxy) is 3. The predicted octanol–water partition coefficient (Wildman–Crippen LogP) is 5.45. The number of nitro benzene ring substituents is 1. The van der Waals surface area contributed by atoms with E-state index in [2.05, 4.69) is 0 Å². The van der Waals surface area contributed by atoms with Gasteiger partial charge in [0.2, 0.25) is 11.8 Å². The van der Waals surface area contributed by atoms with Gasteiger partial charge in [-0.15, -0.1) is 0 Å². The van der Waals surface area contributed by atoms with Crippen LogP contribution in [0.25, 0.3) is 0 Å². The third kappa shape index (κ3) is 6.15. The number of carbonyl (C=O) groups is 4. The zero-order valence-corrected chi connectivity index (χ0v) is 30.3. The quantitative estimate of drug-likeness (QED) is 0.104. The molecule has 8 rings (SSSR count). The Balaban J connectivity index is 1.34. The van der Waals surface area contributed by atoms with E-state index in [4.69, 9.17) is 19.9 Å². The summed E-state index contributed by atoms with van der Waals surface area (Å²) in [5.41, 5.74) is 6.86. The van der Waals surface area contributed by atoms with Crippen molar-refractivity contribution in [2.24, 2.45) is 11.7 Å². The van der Waals surface area contributed by atoms with Crippen LogP contribution in [0.15, 0.2) is 133 Å². The molecule has 3 amide bonds. The van der Waals surface area contributed by atoms with Gasteiger partial charge in [0.05, 0.1) is 35.2 Å². The second-order valence-corrected chi connectivity index (χ2v) is 13.9. The molecule has 2 fully saturated rings. The number of anilines is 1. The van der Waals surface area contributed by atoms with Crippen LogP contribution in [-0.4, -0.2) is 58.1 Å². The molecule has 3 N–H and O–H groups in total. The van der Waals surface area contributed by atoms with Crippen LogP contribution in [0, 0.1) is 16.0 Å². The fraction of sp³-hybridized carbons (Fsp3) is 0.209. The summed E-state index contributed by atoms with van der Waals surface area (Å²) in [6.45, 7) is -0.627. The molecule has 5 aromatic carbocycles. The lowest BCUT2D eigenvalue weighted by atomic mass is 9.65. The number of amides is 3. The lowest BCUT2D eigenvalue weighted by Crippen LogP contribution is -2.55. The van der Waals surface area contributed by atoms with Crippen LogP contribution >= 0.6 is 0 Å². The van der Waals surface area contributed by atoms with Crippen molar-refractivity contribution >= 4 is 35.3 Å². The maximum absolute atomic E-state index is 15.7. The average Bonchev–Trinajstić information content (AvgIpc) is 3.69. The number of aliphatic hydroxyl groups excluding tert-OH is 1. The Morgan fingerprint density at radius 1 is 0.825 bits per heavy atom. The normalized spacial score (nSPS) is 23.7. The zero-order chi connectivity index (χ0) is 39.8. The molecular weight excluding hydrogens is 732 g/mol. The van der Waals surface area contributed by atoms with Crippen LogP contribution in [0.2, 0.25) is 0 Å². The molecule has 0 bridgehead atoms. The van der Waals surface area contributed by atoms with E-state index >= 15 is 4.79 Å². The first kappa shape index (κ1) is 37.0. The Hall–Kier alpha value is -6.90. The number of aliphatic hydroxyl groups is 1. The van der Waals surface area contributed by atoms with Crippen molar-refractivity contribution in [1.29, 1.82) is 0 Å². The van der Waals surface area contributed by atoms with Gasteiger partial charge in [0.1, 0.15) is 36.5 Å². The number of imide groups is 1. The Morgan fingerprint density at radius 2 is 1.47 bits per heavy atom. The first-order valence-electron chi connectivity index (χ1n) is 18.2. The summed E-state index contributed by atoms with van der Waals surface area (Å²) in [7, 11) is 0. The number of nitrogens with two attached hydrogens (primary N) is 1. The summed E-state index contributed by atoms with van der Waals surface area (Å²) in [6.07, 6.45) is -1.98. The number of primary amides is 1. The van der Waals surface area contributed by atoms with E-state index in [0.717, 1.165) is 10.5 Å². The van der Waals surface area contributed by atoms with E-state index < -0.39 is 64.4 Å². The van der Waals surface area contributed by atoms with Gasteiger partial charge in [-0.05, 0) is 58.1 Å². The molecule has 5 aromatic rings.